The largest absolute Gasteiger partial charge is 0.368 e. The third kappa shape index (κ3) is 4.54. The number of fused-ring (bicyclic) bond motifs is 1. The van der Waals surface area contributed by atoms with Crippen LogP contribution in [0.2, 0.25) is 0 Å². The quantitative estimate of drug-likeness (QED) is 0.556. The van der Waals surface area contributed by atoms with Crippen molar-refractivity contribution in [3.63, 3.8) is 0 Å². The van der Waals surface area contributed by atoms with E-state index in [9.17, 15) is 28.0 Å². The van der Waals surface area contributed by atoms with Gasteiger partial charge in [0.15, 0.2) is 0 Å². The summed E-state index contributed by atoms with van der Waals surface area (Å²) in [5, 5.41) is 2.88. The summed E-state index contributed by atoms with van der Waals surface area (Å²) in [5.74, 6) is -3.57. The van der Waals surface area contributed by atoms with Gasteiger partial charge < -0.3 is 25.8 Å². The highest BCUT2D eigenvalue weighted by molar-refractivity contribution is 6.01. The highest BCUT2D eigenvalue weighted by Gasteiger charge is 2.54. The van der Waals surface area contributed by atoms with E-state index in [1.54, 1.807) is 0 Å². The third-order valence-electron chi connectivity index (χ3n) is 7.29. The molecule has 2 aromatic rings. The number of amides is 4. The SMILES string of the molecule is CC(C)C[C@@H](C(=O)N1C[C@]2(CCCNC2=O)C[C@H]1C(N)=O)N(C)C(=O)c1cc2c(F)cc(F)cc2[nH]1. The number of carbonyl (C=O) groups excluding carboxylic acids is 4. The zero-order chi connectivity index (χ0) is 26.4. The van der Waals surface area contributed by atoms with Gasteiger partial charge in [-0.15, -0.1) is 0 Å². The van der Waals surface area contributed by atoms with E-state index >= 15 is 0 Å². The number of nitrogens with zero attached hydrogens (tertiary/aromatic N) is 2. The molecule has 2 fully saturated rings. The maximum absolute atomic E-state index is 14.2. The van der Waals surface area contributed by atoms with Crippen molar-refractivity contribution < 1.29 is 28.0 Å². The Morgan fingerprint density at radius 2 is 1.97 bits per heavy atom. The first-order valence-corrected chi connectivity index (χ1v) is 12.1. The van der Waals surface area contributed by atoms with Crippen molar-refractivity contribution in [2.24, 2.45) is 17.1 Å². The summed E-state index contributed by atoms with van der Waals surface area (Å²) in [5.41, 5.74) is 4.87. The van der Waals surface area contributed by atoms with Gasteiger partial charge in [0.2, 0.25) is 17.7 Å². The molecule has 1 spiro atoms. The molecule has 4 N–H and O–H groups in total. The third-order valence-corrected chi connectivity index (χ3v) is 7.29. The van der Waals surface area contributed by atoms with Crippen molar-refractivity contribution in [2.75, 3.05) is 20.1 Å². The molecular formula is C25H31F2N5O4. The summed E-state index contributed by atoms with van der Waals surface area (Å²) in [4.78, 5) is 57.6. The van der Waals surface area contributed by atoms with Gasteiger partial charge in [0.25, 0.3) is 5.91 Å². The number of aromatic nitrogens is 1. The molecule has 2 saturated heterocycles. The summed E-state index contributed by atoms with van der Waals surface area (Å²) >= 11 is 0. The number of likely N-dealkylation sites (N-methyl/N-ethyl adjacent to an activating group) is 1. The van der Waals surface area contributed by atoms with E-state index in [4.69, 9.17) is 5.73 Å². The first-order valence-electron chi connectivity index (χ1n) is 12.1. The Morgan fingerprint density at radius 1 is 1.25 bits per heavy atom. The number of hydrogen-bond donors (Lipinski definition) is 3. The van der Waals surface area contributed by atoms with Crippen LogP contribution in [-0.4, -0.2) is 70.6 Å². The molecule has 1 aromatic carbocycles. The number of nitrogens with two attached hydrogens (primary N) is 1. The number of halogens is 2. The summed E-state index contributed by atoms with van der Waals surface area (Å²) in [6.45, 7) is 4.37. The second kappa shape index (κ2) is 9.51. The molecule has 0 unspecified atom stereocenters. The number of H-pyrrole nitrogens is 1. The maximum Gasteiger partial charge on any atom is 0.270 e. The molecular weight excluding hydrogens is 472 g/mol. The van der Waals surface area contributed by atoms with Crippen LogP contribution in [0.25, 0.3) is 10.9 Å². The fraction of sp³-hybridized carbons (Fsp3) is 0.520. The van der Waals surface area contributed by atoms with Gasteiger partial charge in [0.1, 0.15) is 29.4 Å². The number of hydrogen-bond acceptors (Lipinski definition) is 4. The second-order valence-corrected chi connectivity index (χ2v) is 10.3. The Balaban J connectivity index is 1.64. The second-order valence-electron chi connectivity index (χ2n) is 10.3. The first-order chi connectivity index (χ1) is 16.9. The van der Waals surface area contributed by atoms with E-state index in [1.165, 1.54) is 22.9 Å². The monoisotopic (exact) mass is 503 g/mol. The lowest BCUT2D eigenvalue weighted by Gasteiger charge is -2.35. The summed E-state index contributed by atoms with van der Waals surface area (Å²) in [6.07, 6.45) is 1.68. The van der Waals surface area contributed by atoms with E-state index in [2.05, 4.69) is 10.3 Å². The van der Waals surface area contributed by atoms with Gasteiger partial charge in [0, 0.05) is 31.6 Å². The van der Waals surface area contributed by atoms with E-state index in [0.29, 0.717) is 13.0 Å². The minimum atomic E-state index is -0.968. The number of carbonyl (C=O) groups is 4. The Bertz CT molecular complexity index is 1230. The number of benzene rings is 1. The van der Waals surface area contributed by atoms with Crippen LogP contribution in [0.5, 0.6) is 0 Å². The maximum atomic E-state index is 14.2. The molecule has 0 saturated carbocycles. The normalized spacial score (nSPS) is 22.8. The highest BCUT2D eigenvalue weighted by Crippen LogP contribution is 2.41. The summed E-state index contributed by atoms with van der Waals surface area (Å²) in [6, 6.07) is 1.16. The lowest BCUT2D eigenvalue weighted by molar-refractivity contribution is -0.142. The Kier molecular flexibility index (Phi) is 6.76. The predicted octanol–water partition coefficient (Wildman–Crippen LogP) is 1.92. The van der Waals surface area contributed by atoms with Gasteiger partial charge in [-0.25, -0.2) is 8.78 Å². The molecule has 1 aromatic heterocycles. The summed E-state index contributed by atoms with van der Waals surface area (Å²) in [7, 11) is 1.45. The van der Waals surface area contributed by atoms with Crippen molar-refractivity contribution >= 4 is 34.5 Å². The van der Waals surface area contributed by atoms with Gasteiger partial charge in [-0.2, -0.15) is 0 Å². The van der Waals surface area contributed by atoms with Crippen LogP contribution in [0.4, 0.5) is 8.78 Å². The van der Waals surface area contributed by atoms with E-state index in [-0.39, 0.29) is 47.8 Å². The number of aromatic amines is 1. The van der Waals surface area contributed by atoms with E-state index < -0.39 is 46.9 Å². The Hall–Kier alpha value is -3.50. The van der Waals surface area contributed by atoms with Crippen LogP contribution in [0, 0.1) is 23.0 Å². The molecule has 3 atom stereocenters. The lowest BCUT2D eigenvalue weighted by atomic mass is 9.78. The van der Waals surface area contributed by atoms with Crippen LogP contribution in [0.3, 0.4) is 0 Å². The van der Waals surface area contributed by atoms with Gasteiger partial charge in [-0.3, -0.25) is 19.2 Å². The zero-order valence-corrected chi connectivity index (χ0v) is 20.6. The van der Waals surface area contributed by atoms with Crippen LogP contribution in [0.1, 0.15) is 50.0 Å². The fourth-order valence-electron chi connectivity index (χ4n) is 5.41. The number of likely N-dealkylation sites (tertiary alicyclic amines) is 1. The zero-order valence-electron chi connectivity index (χ0n) is 20.6. The van der Waals surface area contributed by atoms with E-state index in [0.717, 1.165) is 18.6 Å². The average molecular weight is 504 g/mol. The van der Waals surface area contributed by atoms with Crippen LogP contribution in [0.15, 0.2) is 18.2 Å². The van der Waals surface area contributed by atoms with E-state index in [1.807, 2.05) is 13.8 Å². The molecule has 9 nitrogen and oxygen atoms in total. The van der Waals surface area contributed by atoms with Gasteiger partial charge in [-0.05, 0) is 43.7 Å². The number of rotatable bonds is 6. The van der Waals surface area contributed by atoms with Gasteiger partial charge in [-0.1, -0.05) is 13.8 Å². The average Bonchev–Trinajstić information content (AvgIpc) is 3.41. The molecule has 4 amide bonds. The topological polar surface area (TPSA) is 129 Å². The first kappa shape index (κ1) is 25.6. The number of nitrogens with one attached hydrogen (secondary N) is 2. The van der Waals surface area contributed by atoms with Crippen molar-refractivity contribution in [2.45, 2.75) is 51.6 Å². The Labute approximate surface area is 207 Å². The van der Waals surface area contributed by atoms with Crippen molar-refractivity contribution in [1.82, 2.24) is 20.1 Å². The minimum absolute atomic E-state index is 0.00465. The van der Waals surface area contributed by atoms with Crippen LogP contribution in [-0.2, 0) is 14.4 Å². The fourth-order valence-corrected chi connectivity index (χ4v) is 5.41. The van der Waals surface area contributed by atoms with Crippen molar-refractivity contribution in [3.8, 4) is 0 Å². The van der Waals surface area contributed by atoms with Crippen LogP contribution >= 0.6 is 0 Å². The smallest absolute Gasteiger partial charge is 0.270 e. The van der Waals surface area contributed by atoms with Gasteiger partial charge >= 0.3 is 0 Å². The molecule has 0 radical (unpaired) electrons. The molecule has 2 aliphatic heterocycles. The number of primary amides is 1. The lowest BCUT2D eigenvalue weighted by Crippen LogP contribution is -2.54. The molecule has 4 rings (SSSR count). The van der Waals surface area contributed by atoms with Gasteiger partial charge in [0.05, 0.1) is 10.9 Å². The molecule has 2 aliphatic rings. The standard InChI is InChI=1S/C25H31F2N5O4/c1-13(2)7-19(31(3)22(34)18-10-15-16(27)8-14(26)9-17(15)30-18)23(35)32-12-25(11-20(32)21(28)33)5-4-6-29-24(25)36/h8-10,13,19-20,30H,4-7,11-12H2,1-3H3,(H2,28,33)(H,29,36)/t19-,20-,25-/m0/s1. The molecule has 194 valence electrons. The summed E-state index contributed by atoms with van der Waals surface area (Å²) < 4.78 is 27.8. The molecule has 11 heteroatoms. The minimum Gasteiger partial charge on any atom is -0.368 e. The molecule has 3 heterocycles. The molecule has 0 aliphatic carbocycles. The number of piperidine rings is 1. The van der Waals surface area contributed by atoms with Crippen molar-refractivity contribution in [3.05, 3.63) is 35.5 Å². The molecule has 36 heavy (non-hydrogen) atoms. The Morgan fingerprint density at radius 3 is 2.61 bits per heavy atom. The predicted molar refractivity (Wildman–Crippen MR) is 128 cm³/mol. The van der Waals surface area contributed by atoms with Crippen LogP contribution < -0.4 is 11.1 Å². The molecule has 0 bridgehead atoms. The van der Waals surface area contributed by atoms with Crippen molar-refractivity contribution in [1.29, 1.82) is 0 Å². The highest BCUT2D eigenvalue weighted by atomic mass is 19.1.